The van der Waals surface area contributed by atoms with Crippen LogP contribution in [0.3, 0.4) is 0 Å². The smallest absolute Gasteiger partial charge is 0.410 e. The number of nitrogen functional groups attached to an aromatic ring is 1. The first kappa shape index (κ1) is 22.0. The molecule has 0 aliphatic carbocycles. The van der Waals surface area contributed by atoms with Gasteiger partial charge in [-0.15, -0.1) is 0 Å². The van der Waals surface area contributed by atoms with Gasteiger partial charge >= 0.3 is 6.09 Å². The SMILES string of the molecule is Cc1[nH]ncc1CN(Cc1nccc(N)n1)[C@@H]1CCCN(C(=O)OC(C)(C)C)CC1. The first-order valence-electron chi connectivity index (χ1n) is 10.5. The summed E-state index contributed by atoms with van der Waals surface area (Å²) in [5.41, 5.74) is 7.57. The maximum Gasteiger partial charge on any atom is 0.410 e. The van der Waals surface area contributed by atoms with E-state index in [-0.39, 0.29) is 12.1 Å². The Hall–Kier alpha value is -2.68. The zero-order valence-corrected chi connectivity index (χ0v) is 18.4. The summed E-state index contributed by atoms with van der Waals surface area (Å²) >= 11 is 0. The molecular weight excluding hydrogens is 382 g/mol. The summed E-state index contributed by atoms with van der Waals surface area (Å²) in [5, 5.41) is 7.17. The predicted molar refractivity (Wildman–Crippen MR) is 114 cm³/mol. The Morgan fingerprint density at radius 2 is 2.13 bits per heavy atom. The van der Waals surface area contributed by atoms with E-state index in [0.29, 0.717) is 31.3 Å². The van der Waals surface area contributed by atoms with E-state index in [1.54, 1.807) is 12.3 Å². The summed E-state index contributed by atoms with van der Waals surface area (Å²) in [6.07, 6.45) is 6.08. The highest BCUT2D eigenvalue weighted by atomic mass is 16.6. The number of hydrogen-bond donors (Lipinski definition) is 2. The van der Waals surface area contributed by atoms with Crippen LogP contribution in [0.1, 0.15) is 57.1 Å². The van der Waals surface area contributed by atoms with Crippen molar-refractivity contribution in [2.45, 2.75) is 71.7 Å². The van der Waals surface area contributed by atoms with E-state index in [0.717, 1.165) is 37.1 Å². The van der Waals surface area contributed by atoms with Gasteiger partial charge in [0.15, 0.2) is 0 Å². The number of hydrogen-bond acceptors (Lipinski definition) is 7. The van der Waals surface area contributed by atoms with Crippen LogP contribution in [-0.4, -0.2) is 60.8 Å². The van der Waals surface area contributed by atoms with E-state index in [1.807, 2.05) is 38.8 Å². The zero-order valence-electron chi connectivity index (χ0n) is 18.4. The summed E-state index contributed by atoms with van der Waals surface area (Å²) in [4.78, 5) is 25.5. The number of H-pyrrole nitrogens is 1. The van der Waals surface area contributed by atoms with Crippen molar-refractivity contribution in [1.82, 2.24) is 30.0 Å². The minimum atomic E-state index is -0.488. The zero-order chi connectivity index (χ0) is 21.7. The number of nitrogens with one attached hydrogen (secondary N) is 1. The van der Waals surface area contributed by atoms with Crippen molar-refractivity contribution in [3.8, 4) is 0 Å². The standard InChI is InChI=1S/C21H33N7O2/c1-15-16(12-24-26-15)13-28(14-19-23-9-7-18(22)25-19)17-6-5-10-27(11-8-17)20(29)30-21(2,3)4/h7,9,12,17H,5-6,8,10-11,13-14H2,1-4H3,(H,24,26)(H2,22,23,25)/t17-/m1/s1. The lowest BCUT2D eigenvalue weighted by atomic mass is 10.1. The van der Waals surface area contributed by atoms with Crippen LogP contribution in [0.25, 0.3) is 0 Å². The van der Waals surface area contributed by atoms with E-state index in [2.05, 4.69) is 25.1 Å². The molecule has 1 saturated heterocycles. The number of anilines is 1. The minimum Gasteiger partial charge on any atom is -0.444 e. The van der Waals surface area contributed by atoms with Gasteiger partial charge in [0.05, 0.1) is 12.7 Å². The van der Waals surface area contributed by atoms with Crippen molar-refractivity contribution in [2.24, 2.45) is 0 Å². The van der Waals surface area contributed by atoms with Crippen LogP contribution in [0.5, 0.6) is 0 Å². The number of rotatable bonds is 5. The molecule has 0 saturated carbocycles. The Kier molecular flexibility index (Phi) is 6.91. The number of aryl methyl sites for hydroxylation is 1. The van der Waals surface area contributed by atoms with Gasteiger partial charge in [-0.05, 0) is 53.0 Å². The van der Waals surface area contributed by atoms with Gasteiger partial charge in [0.1, 0.15) is 17.2 Å². The molecule has 2 aromatic heterocycles. The molecule has 1 aliphatic heterocycles. The maximum atomic E-state index is 12.5. The number of carbonyl (C=O) groups excluding carboxylic acids is 1. The van der Waals surface area contributed by atoms with Crippen molar-refractivity contribution in [3.05, 3.63) is 35.5 Å². The van der Waals surface area contributed by atoms with E-state index < -0.39 is 5.60 Å². The first-order chi connectivity index (χ1) is 14.2. The second-order valence-electron chi connectivity index (χ2n) is 8.88. The molecular formula is C21H33N7O2. The van der Waals surface area contributed by atoms with Crippen molar-refractivity contribution >= 4 is 11.9 Å². The third-order valence-electron chi connectivity index (χ3n) is 5.24. The van der Waals surface area contributed by atoms with Crippen LogP contribution in [0.2, 0.25) is 0 Å². The molecule has 3 heterocycles. The molecule has 0 aromatic carbocycles. The molecule has 0 unspecified atom stereocenters. The van der Waals surface area contributed by atoms with Crippen LogP contribution < -0.4 is 5.73 Å². The van der Waals surface area contributed by atoms with Gasteiger partial charge < -0.3 is 15.4 Å². The molecule has 1 amide bonds. The Bertz CT molecular complexity index is 846. The van der Waals surface area contributed by atoms with E-state index >= 15 is 0 Å². The number of carbonyl (C=O) groups is 1. The molecule has 9 heteroatoms. The molecule has 3 N–H and O–H groups in total. The second kappa shape index (κ2) is 9.42. The number of nitrogens with zero attached hydrogens (tertiary/aromatic N) is 5. The fraction of sp³-hybridized carbons (Fsp3) is 0.619. The number of likely N-dealkylation sites (tertiary alicyclic amines) is 1. The maximum absolute atomic E-state index is 12.5. The highest BCUT2D eigenvalue weighted by Crippen LogP contribution is 2.23. The van der Waals surface area contributed by atoms with Crippen LogP contribution >= 0.6 is 0 Å². The molecule has 0 radical (unpaired) electrons. The lowest BCUT2D eigenvalue weighted by molar-refractivity contribution is 0.0251. The second-order valence-corrected chi connectivity index (χ2v) is 8.88. The molecule has 30 heavy (non-hydrogen) atoms. The number of nitrogens with two attached hydrogens (primary N) is 1. The molecule has 1 fully saturated rings. The van der Waals surface area contributed by atoms with Crippen molar-refractivity contribution in [1.29, 1.82) is 0 Å². The molecule has 9 nitrogen and oxygen atoms in total. The lowest BCUT2D eigenvalue weighted by Crippen LogP contribution is -2.39. The summed E-state index contributed by atoms with van der Waals surface area (Å²) in [6, 6.07) is 1.98. The molecule has 3 rings (SSSR count). The van der Waals surface area contributed by atoms with Crippen molar-refractivity contribution in [2.75, 3.05) is 18.8 Å². The van der Waals surface area contributed by atoms with Gasteiger partial charge in [-0.3, -0.25) is 10.00 Å². The highest BCUT2D eigenvalue weighted by Gasteiger charge is 2.28. The largest absolute Gasteiger partial charge is 0.444 e. The fourth-order valence-electron chi connectivity index (χ4n) is 3.69. The highest BCUT2D eigenvalue weighted by molar-refractivity contribution is 5.68. The van der Waals surface area contributed by atoms with Gasteiger partial charge in [-0.2, -0.15) is 5.10 Å². The third kappa shape index (κ3) is 6.16. The Morgan fingerprint density at radius 1 is 1.33 bits per heavy atom. The van der Waals surface area contributed by atoms with Gasteiger partial charge in [0, 0.05) is 43.1 Å². The third-order valence-corrected chi connectivity index (χ3v) is 5.24. The van der Waals surface area contributed by atoms with Crippen molar-refractivity contribution < 1.29 is 9.53 Å². The van der Waals surface area contributed by atoms with Crippen LogP contribution in [0.15, 0.2) is 18.5 Å². The molecule has 0 bridgehead atoms. The van der Waals surface area contributed by atoms with Gasteiger partial charge in [-0.25, -0.2) is 14.8 Å². The average Bonchev–Trinajstić information content (AvgIpc) is 2.91. The van der Waals surface area contributed by atoms with Gasteiger partial charge in [0.2, 0.25) is 0 Å². The summed E-state index contributed by atoms with van der Waals surface area (Å²) in [5.74, 6) is 1.17. The number of aromatic nitrogens is 4. The number of aromatic amines is 1. The van der Waals surface area contributed by atoms with Gasteiger partial charge in [0.25, 0.3) is 0 Å². The normalized spacial score (nSPS) is 17.8. The monoisotopic (exact) mass is 415 g/mol. The Morgan fingerprint density at radius 3 is 2.80 bits per heavy atom. The molecule has 164 valence electrons. The minimum absolute atomic E-state index is 0.237. The van der Waals surface area contributed by atoms with Gasteiger partial charge in [-0.1, -0.05) is 0 Å². The van der Waals surface area contributed by atoms with Crippen molar-refractivity contribution in [3.63, 3.8) is 0 Å². The van der Waals surface area contributed by atoms with E-state index in [4.69, 9.17) is 10.5 Å². The molecule has 1 aliphatic rings. The summed E-state index contributed by atoms with van der Waals surface area (Å²) in [6.45, 7) is 10.4. The fourth-order valence-corrected chi connectivity index (χ4v) is 3.69. The summed E-state index contributed by atoms with van der Waals surface area (Å²) in [7, 11) is 0. The molecule has 2 aromatic rings. The van der Waals surface area contributed by atoms with E-state index in [1.165, 1.54) is 0 Å². The van der Waals surface area contributed by atoms with Crippen LogP contribution in [0.4, 0.5) is 10.6 Å². The molecule has 1 atom stereocenters. The lowest BCUT2D eigenvalue weighted by Gasteiger charge is -2.31. The van der Waals surface area contributed by atoms with E-state index in [9.17, 15) is 4.79 Å². The molecule has 0 spiro atoms. The quantitative estimate of drug-likeness (QED) is 0.772. The van der Waals surface area contributed by atoms with Crippen LogP contribution in [0, 0.1) is 6.92 Å². The topological polar surface area (TPSA) is 113 Å². The average molecular weight is 416 g/mol. The number of ether oxygens (including phenoxy) is 1. The van der Waals surface area contributed by atoms with Crippen LogP contribution in [-0.2, 0) is 17.8 Å². The summed E-state index contributed by atoms with van der Waals surface area (Å²) < 4.78 is 5.57. The number of amides is 1. The predicted octanol–water partition coefficient (Wildman–Crippen LogP) is 2.88. The Balaban J connectivity index is 1.72. The first-order valence-corrected chi connectivity index (χ1v) is 10.5. The Labute approximate surface area is 178 Å².